The molecule has 1 aromatic heterocycles. The number of rotatable bonds is 4. The van der Waals surface area contributed by atoms with Gasteiger partial charge in [-0.05, 0) is 11.6 Å². The minimum Gasteiger partial charge on any atom is -0.301 e. The van der Waals surface area contributed by atoms with Crippen LogP contribution in [0.5, 0.6) is 0 Å². The molecular weight excluding hydrogens is 296 g/mol. The molecule has 0 saturated carbocycles. The predicted molar refractivity (Wildman–Crippen MR) is 76.4 cm³/mol. The van der Waals surface area contributed by atoms with E-state index < -0.39 is 26.8 Å². The van der Waals surface area contributed by atoms with Gasteiger partial charge in [0.25, 0.3) is 5.69 Å². The van der Waals surface area contributed by atoms with Crippen LogP contribution in [0.1, 0.15) is 11.3 Å². The summed E-state index contributed by atoms with van der Waals surface area (Å²) in [6.07, 6.45) is 2.44. The summed E-state index contributed by atoms with van der Waals surface area (Å²) in [5.74, 6) is 0. The maximum absolute atomic E-state index is 11.4. The number of nitro groups is 2. The molecule has 1 aromatic carbocycles. The third-order valence-corrected chi connectivity index (χ3v) is 2.65. The highest BCUT2D eigenvalue weighted by atomic mass is 16.6. The molecule has 10 heteroatoms. The van der Waals surface area contributed by atoms with Crippen molar-refractivity contribution in [1.29, 1.82) is 0 Å². The van der Waals surface area contributed by atoms with Crippen molar-refractivity contribution in [3.8, 4) is 0 Å². The predicted octanol–water partition coefficient (Wildman–Crippen LogP) is 1.05. The van der Waals surface area contributed by atoms with Crippen molar-refractivity contribution >= 4 is 23.5 Å². The highest BCUT2D eigenvalue weighted by molar-refractivity contribution is 5.72. The number of hydrogen-bond donors (Lipinski definition) is 2. The maximum Gasteiger partial charge on any atom is 0.357 e. The Labute approximate surface area is 121 Å². The lowest BCUT2D eigenvalue weighted by molar-refractivity contribution is -0.386. The summed E-state index contributed by atoms with van der Waals surface area (Å²) < 4.78 is 0. The fraction of sp³-hybridized carbons (Fsp3) is 0. The van der Waals surface area contributed by atoms with E-state index in [1.54, 1.807) is 4.98 Å². The lowest BCUT2D eigenvalue weighted by Crippen LogP contribution is -2.25. The molecule has 2 aromatic rings. The second-order valence-corrected chi connectivity index (χ2v) is 4.11. The van der Waals surface area contributed by atoms with Gasteiger partial charge in [-0.25, -0.2) is 4.79 Å². The van der Waals surface area contributed by atoms with Crippen LogP contribution in [-0.4, -0.2) is 19.8 Å². The van der Waals surface area contributed by atoms with Crippen molar-refractivity contribution in [2.75, 3.05) is 0 Å². The Hall–Kier alpha value is -3.56. The minimum atomic E-state index is -1.13. The first-order valence-electron chi connectivity index (χ1n) is 5.82. The summed E-state index contributed by atoms with van der Waals surface area (Å²) in [4.78, 5) is 46.5. The lowest BCUT2D eigenvalue weighted by atomic mass is 10.1. The summed E-state index contributed by atoms with van der Waals surface area (Å²) in [5.41, 5.74) is -2.92. The first kappa shape index (κ1) is 14.8. The van der Waals surface area contributed by atoms with E-state index in [0.717, 1.165) is 6.08 Å². The van der Waals surface area contributed by atoms with E-state index in [-0.39, 0.29) is 11.4 Å². The topological polar surface area (TPSA) is 152 Å². The van der Waals surface area contributed by atoms with Crippen LogP contribution in [0.2, 0.25) is 0 Å². The van der Waals surface area contributed by atoms with Crippen molar-refractivity contribution in [2.24, 2.45) is 0 Å². The molecule has 112 valence electrons. The zero-order chi connectivity index (χ0) is 16.3. The Morgan fingerprint density at radius 3 is 2.36 bits per heavy atom. The lowest BCUT2D eigenvalue weighted by Gasteiger charge is -1.97. The van der Waals surface area contributed by atoms with Crippen LogP contribution in [0.3, 0.4) is 0 Å². The van der Waals surface area contributed by atoms with Gasteiger partial charge in [-0.15, -0.1) is 0 Å². The Morgan fingerprint density at radius 1 is 1.00 bits per heavy atom. The number of aromatic nitrogens is 2. The summed E-state index contributed by atoms with van der Waals surface area (Å²) in [6.45, 7) is 0. The van der Waals surface area contributed by atoms with Gasteiger partial charge in [-0.2, -0.15) is 0 Å². The number of hydrogen-bond acceptors (Lipinski definition) is 6. The number of non-ortho nitro benzene ring substituents is 1. The number of aromatic amines is 2. The molecule has 0 unspecified atom stereocenters. The summed E-state index contributed by atoms with van der Waals surface area (Å²) in [7, 11) is 0. The van der Waals surface area contributed by atoms with Gasteiger partial charge in [0.1, 0.15) is 5.69 Å². The van der Waals surface area contributed by atoms with E-state index in [2.05, 4.69) is 4.98 Å². The number of H-pyrrole nitrogens is 2. The number of nitrogens with one attached hydrogen (secondary N) is 2. The number of nitro benzene ring substituents is 1. The molecule has 1 heterocycles. The molecule has 0 fully saturated rings. The third-order valence-electron chi connectivity index (χ3n) is 2.65. The molecule has 0 bridgehead atoms. The van der Waals surface area contributed by atoms with Crippen LogP contribution >= 0.6 is 0 Å². The van der Waals surface area contributed by atoms with E-state index in [0.29, 0.717) is 5.56 Å². The molecule has 0 spiro atoms. The van der Waals surface area contributed by atoms with Crippen LogP contribution in [0.4, 0.5) is 11.4 Å². The smallest absolute Gasteiger partial charge is 0.301 e. The molecule has 2 N–H and O–H groups in total. The standard InChI is InChI=1S/C12H8N4O6/c17-11-10(16(21)22)9(13-12(18)14-11)5-4-7-2-1-3-8(6-7)15(19)20/h1-6H,(H2,13,14,17,18)/b5-4+. The first-order chi connectivity index (χ1) is 10.4. The second kappa shape index (κ2) is 5.83. The fourth-order valence-electron chi connectivity index (χ4n) is 1.72. The van der Waals surface area contributed by atoms with Gasteiger partial charge in [-0.1, -0.05) is 18.2 Å². The van der Waals surface area contributed by atoms with Gasteiger partial charge in [-0.3, -0.25) is 30.0 Å². The van der Waals surface area contributed by atoms with E-state index in [1.165, 1.54) is 30.3 Å². The highest BCUT2D eigenvalue weighted by Gasteiger charge is 2.18. The van der Waals surface area contributed by atoms with Gasteiger partial charge < -0.3 is 4.98 Å². The van der Waals surface area contributed by atoms with Crippen LogP contribution in [0, 0.1) is 20.2 Å². The third kappa shape index (κ3) is 3.12. The van der Waals surface area contributed by atoms with E-state index in [1.807, 2.05) is 0 Å². The molecule has 22 heavy (non-hydrogen) atoms. The second-order valence-electron chi connectivity index (χ2n) is 4.11. The average Bonchev–Trinajstić information content (AvgIpc) is 2.44. The molecule has 0 aliphatic rings. The van der Waals surface area contributed by atoms with E-state index >= 15 is 0 Å². The zero-order valence-corrected chi connectivity index (χ0v) is 10.8. The van der Waals surface area contributed by atoms with Crippen LogP contribution in [0.15, 0.2) is 33.9 Å². The van der Waals surface area contributed by atoms with Gasteiger partial charge in [0, 0.05) is 12.1 Å². The number of benzene rings is 1. The van der Waals surface area contributed by atoms with Crippen molar-refractivity contribution in [3.05, 3.63) is 76.6 Å². The highest BCUT2D eigenvalue weighted by Crippen LogP contribution is 2.16. The van der Waals surface area contributed by atoms with Gasteiger partial charge >= 0.3 is 16.9 Å². The molecule has 10 nitrogen and oxygen atoms in total. The molecule has 0 amide bonds. The molecule has 0 radical (unpaired) electrons. The Morgan fingerprint density at radius 2 is 1.73 bits per heavy atom. The van der Waals surface area contributed by atoms with Crippen LogP contribution in [-0.2, 0) is 0 Å². The van der Waals surface area contributed by atoms with E-state index in [4.69, 9.17) is 0 Å². The molecule has 0 atom stereocenters. The molecule has 0 saturated heterocycles. The molecule has 2 rings (SSSR count). The quantitative estimate of drug-likeness (QED) is 0.636. The van der Waals surface area contributed by atoms with Crippen molar-refractivity contribution in [2.45, 2.75) is 0 Å². The normalized spacial score (nSPS) is 10.7. The van der Waals surface area contributed by atoms with Crippen molar-refractivity contribution < 1.29 is 9.85 Å². The average molecular weight is 304 g/mol. The summed E-state index contributed by atoms with van der Waals surface area (Å²) >= 11 is 0. The number of nitrogens with zero attached hydrogens (tertiary/aromatic N) is 2. The molecular formula is C12H8N4O6. The maximum atomic E-state index is 11.4. The van der Waals surface area contributed by atoms with Gasteiger partial charge in [0.15, 0.2) is 0 Å². The SMILES string of the molecule is O=c1[nH]c(/C=C/c2cccc([N+](=O)[O-])c2)c([N+](=O)[O-])c(=O)[nH]1. The minimum absolute atomic E-state index is 0.156. The zero-order valence-electron chi connectivity index (χ0n) is 10.8. The Balaban J connectivity index is 2.49. The van der Waals surface area contributed by atoms with Crippen molar-refractivity contribution in [3.63, 3.8) is 0 Å². The van der Waals surface area contributed by atoms with Crippen LogP contribution in [0.25, 0.3) is 12.2 Å². The fourth-order valence-corrected chi connectivity index (χ4v) is 1.72. The molecule has 0 aliphatic heterocycles. The summed E-state index contributed by atoms with van der Waals surface area (Å²) in [6, 6.07) is 5.50. The first-order valence-corrected chi connectivity index (χ1v) is 5.82. The van der Waals surface area contributed by atoms with Gasteiger partial charge in [0.05, 0.1) is 9.85 Å². The summed E-state index contributed by atoms with van der Waals surface area (Å²) in [5, 5.41) is 21.5. The Bertz CT molecular complexity index is 895. The van der Waals surface area contributed by atoms with Crippen LogP contribution < -0.4 is 11.2 Å². The van der Waals surface area contributed by atoms with Gasteiger partial charge in [0.2, 0.25) is 0 Å². The van der Waals surface area contributed by atoms with E-state index in [9.17, 15) is 29.8 Å². The monoisotopic (exact) mass is 304 g/mol. The van der Waals surface area contributed by atoms with Crippen molar-refractivity contribution in [1.82, 2.24) is 9.97 Å². The largest absolute Gasteiger partial charge is 0.357 e. The Kier molecular flexibility index (Phi) is 3.93. The molecule has 0 aliphatic carbocycles.